The molecule has 2 amide bonds. The van der Waals surface area contributed by atoms with Gasteiger partial charge in [0.2, 0.25) is 11.8 Å². The number of carbonyl (C=O) groups excluding carboxylic acids is 2. The quantitative estimate of drug-likeness (QED) is 0.630. The van der Waals surface area contributed by atoms with E-state index < -0.39 is 0 Å². The molecule has 0 spiro atoms. The molecule has 31 heavy (non-hydrogen) atoms. The summed E-state index contributed by atoms with van der Waals surface area (Å²) in [6.07, 6.45) is 6.22. The minimum Gasteiger partial charge on any atom is -0.481 e. The minimum absolute atomic E-state index is 0.0189. The number of nitrogens with zero attached hydrogens (tertiary/aromatic N) is 2. The zero-order chi connectivity index (χ0) is 22.0. The summed E-state index contributed by atoms with van der Waals surface area (Å²) in [5.41, 5.74) is 7.37. The second-order valence-electron chi connectivity index (χ2n) is 9.05. The third-order valence-electron chi connectivity index (χ3n) is 6.75. The first-order chi connectivity index (χ1) is 14.9. The van der Waals surface area contributed by atoms with Crippen molar-refractivity contribution in [3.63, 3.8) is 0 Å². The molecule has 0 radical (unpaired) electrons. The van der Waals surface area contributed by atoms with Crippen LogP contribution in [0, 0.1) is 5.92 Å². The summed E-state index contributed by atoms with van der Waals surface area (Å²) < 4.78 is 10.9. The Balaban J connectivity index is 1.20. The molecule has 9 heteroatoms. The van der Waals surface area contributed by atoms with Crippen molar-refractivity contribution in [2.24, 2.45) is 5.92 Å². The summed E-state index contributed by atoms with van der Waals surface area (Å²) in [6, 6.07) is 4.38. The number of hydrazine groups is 1. The van der Waals surface area contributed by atoms with Crippen LogP contribution in [0.1, 0.15) is 51.5 Å². The maximum absolute atomic E-state index is 12.4. The molecule has 0 aromatic carbocycles. The van der Waals surface area contributed by atoms with Gasteiger partial charge in [0, 0.05) is 30.4 Å². The number of carbonyl (C=O) groups is 2. The molecular formula is C22H33N5O4. The number of methoxy groups -OCH3 is 1. The molecule has 6 atom stereocenters. The molecule has 2 aliphatic heterocycles. The Labute approximate surface area is 183 Å². The second kappa shape index (κ2) is 9.40. The Morgan fingerprint density at radius 1 is 1.19 bits per heavy atom. The van der Waals surface area contributed by atoms with Gasteiger partial charge in [-0.1, -0.05) is 0 Å². The standard InChI is InChI=1S/C22H33N5O4/c1-13-8-14(2)27(13)22(29)31-17-5-4-16(11-17)18-12-19(26-25-18)24-20(28)9-15-6-7-23-21(10-15)30-3/h6-7,10,13-14,16-19,25-26H,4-5,8-9,11-12H2,1-3H3,(H,24,28)/t13-,14-,16-,17+,18?,19?/m0/s1. The fourth-order valence-electron chi connectivity index (χ4n) is 5.11. The van der Waals surface area contributed by atoms with Gasteiger partial charge in [0.15, 0.2) is 0 Å². The highest BCUT2D eigenvalue weighted by Crippen LogP contribution is 2.34. The highest BCUT2D eigenvalue weighted by atomic mass is 16.6. The van der Waals surface area contributed by atoms with E-state index in [2.05, 4.69) is 35.0 Å². The third kappa shape index (κ3) is 5.10. The van der Waals surface area contributed by atoms with Gasteiger partial charge >= 0.3 is 6.09 Å². The number of aromatic nitrogens is 1. The van der Waals surface area contributed by atoms with E-state index in [4.69, 9.17) is 9.47 Å². The van der Waals surface area contributed by atoms with Crippen LogP contribution in [-0.2, 0) is 16.0 Å². The summed E-state index contributed by atoms with van der Waals surface area (Å²) in [6.45, 7) is 4.12. The van der Waals surface area contributed by atoms with Gasteiger partial charge in [-0.25, -0.2) is 15.2 Å². The maximum atomic E-state index is 12.4. The molecule has 0 bridgehead atoms. The Kier molecular flexibility index (Phi) is 6.62. The van der Waals surface area contributed by atoms with Crippen LogP contribution in [0.2, 0.25) is 0 Å². The Morgan fingerprint density at radius 2 is 2.00 bits per heavy atom. The lowest BCUT2D eigenvalue weighted by Crippen LogP contribution is -2.56. The molecule has 1 aromatic rings. The highest BCUT2D eigenvalue weighted by molar-refractivity contribution is 5.78. The Hall–Kier alpha value is -2.39. The second-order valence-corrected chi connectivity index (χ2v) is 9.05. The van der Waals surface area contributed by atoms with Gasteiger partial charge in [-0.15, -0.1) is 0 Å². The van der Waals surface area contributed by atoms with Crippen molar-refractivity contribution in [3.8, 4) is 5.88 Å². The minimum atomic E-state index is -0.174. The Morgan fingerprint density at radius 3 is 2.74 bits per heavy atom. The van der Waals surface area contributed by atoms with Crippen molar-refractivity contribution in [3.05, 3.63) is 23.9 Å². The molecule has 2 unspecified atom stereocenters. The molecule has 3 aliphatic rings. The normalized spacial score (nSPS) is 32.4. The fourth-order valence-corrected chi connectivity index (χ4v) is 5.11. The van der Waals surface area contributed by atoms with Crippen LogP contribution in [0.15, 0.2) is 18.3 Å². The average molecular weight is 432 g/mol. The van der Waals surface area contributed by atoms with Crippen LogP contribution in [0.5, 0.6) is 5.88 Å². The van der Waals surface area contributed by atoms with E-state index in [1.54, 1.807) is 19.4 Å². The molecule has 2 saturated heterocycles. The number of pyridine rings is 1. The van der Waals surface area contributed by atoms with E-state index in [0.29, 0.717) is 11.8 Å². The van der Waals surface area contributed by atoms with Gasteiger partial charge in [-0.05, 0) is 63.5 Å². The molecule has 9 nitrogen and oxygen atoms in total. The summed E-state index contributed by atoms with van der Waals surface area (Å²) in [4.78, 5) is 30.7. The summed E-state index contributed by atoms with van der Waals surface area (Å²) >= 11 is 0. The van der Waals surface area contributed by atoms with Gasteiger partial charge < -0.3 is 19.7 Å². The number of ether oxygens (including phenoxy) is 2. The monoisotopic (exact) mass is 431 g/mol. The van der Waals surface area contributed by atoms with Gasteiger partial charge in [0.25, 0.3) is 0 Å². The van der Waals surface area contributed by atoms with Crippen LogP contribution in [0.25, 0.3) is 0 Å². The molecule has 1 saturated carbocycles. The first-order valence-corrected chi connectivity index (χ1v) is 11.2. The fraction of sp³-hybridized carbons (Fsp3) is 0.682. The first-order valence-electron chi connectivity index (χ1n) is 11.2. The van der Waals surface area contributed by atoms with Gasteiger partial charge in [-0.3, -0.25) is 10.2 Å². The maximum Gasteiger partial charge on any atom is 0.410 e. The lowest BCUT2D eigenvalue weighted by molar-refractivity contribution is -0.121. The number of nitrogens with one attached hydrogen (secondary N) is 3. The van der Waals surface area contributed by atoms with Crippen molar-refractivity contribution in [1.29, 1.82) is 0 Å². The van der Waals surface area contributed by atoms with Crippen molar-refractivity contribution in [2.75, 3.05) is 7.11 Å². The number of hydrogen-bond acceptors (Lipinski definition) is 7. The highest BCUT2D eigenvalue weighted by Gasteiger charge is 2.41. The Bertz CT molecular complexity index is 798. The van der Waals surface area contributed by atoms with E-state index >= 15 is 0 Å². The first kappa shape index (κ1) is 21.8. The predicted octanol–water partition coefficient (Wildman–Crippen LogP) is 1.73. The third-order valence-corrected chi connectivity index (χ3v) is 6.75. The topological polar surface area (TPSA) is 105 Å². The average Bonchev–Trinajstić information content (AvgIpc) is 3.37. The van der Waals surface area contributed by atoms with Crippen molar-refractivity contribution in [1.82, 2.24) is 26.1 Å². The van der Waals surface area contributed by atoms with Gasteiger partial charge in [-0.2, -0.15) is 0 Å². The molecule has 1 aromatic heterocycles. The van der Waals surface area contributed by atoms with E-state index in [0.717, 1.165) is 37.7 Å². The number of hydrogen-bond donors (Lipinski definition) is 3. The summed E-state index contributed by atoms with van der Waals surface area (Å²) in [5, 5.41) is 3.04. The largest absolute Gasteiger partial charge is 0.481 e. The molecule has 3 heterocycles. The SMILES string of the molecule is COc1cc(CC(=O)NC2CC([C@H]3CC[C@@H](OC(=O)N4[C@@H](C)C[C@@H]4C)C3)NN2)ccn1. The number of rotatable bonds is 6. The van der Waals surface area contributed by atoms with Crippen LogP contribution >= 0.6 is 0 Å². The summed E-state index contributed by atoms with van der Waals surface area (Å²) in [5.74, 6) is 0.868. The predicted molar refractivity (Wildman–Crippen MR) is 114 cm³/mol. The van der Waals surface area contributed by atoms with Crippen molar-refractivity contribution < 1.29 is 19.1 Å². The lowest BCUT2D eigenvalue weighted by Gasteiger charge is -2.44. The van der Waals surface area contributed by atoms with E-state index in [1.807, 2.05) is 11.0 Å². The van der Waals surface area contributed by atoms with Gasteiger partial charge in [0.1, 0.15) is 6.10 Å². The zero-order valence-corrected chi connectivity index (χ0v) is 18.5. The van der Waals surface area contributed by atoms with Gasteiger partial charge in [0.05, 0.1) is 19.7 Å². The van der Waals surface area contributed by atoms with Crippen LogP contribution in [0.3, 0.4) is 0 Å². The van der Waals surface area contributed by atoms with Crippen molar-refractivity contribution in [2.45, 2.75) is 82.8 Å². The van der Waals surface area contributed by atoms with E-state index in [9.17, 15) is 9.59 Å². The lowest BCUT2D eigenvalue weighted by atomic mass is 9.96. The molecule has 3 N–H and O–H groups in total. The molecule has 170 valence electrons. The van der Waals surface area contributed by atoms with Crippen LogP contribution in [-0.4, -0.2) is 59.4 Å². The number of likely N-dealkylation sites (tertiary alicyclic amines) is 1. The van der Waals surface area contributed by atoms with Crippen LogP contribution in [0.4, 0.5) is 4.79 Å². The summed E-state index contributed by atoms with van der Waals surface area (Å²) in [7, 11) is 1.56. The molecule has 1 aliphatic carbocycles. The van der Waals surface area contributed by atoms with Crippen molar-refractivity contribution >= 4 is 12.0 Å². The number of amides is 2. The van der Waals surface area contributed by atoms with E-state index in [-0.39, 0.29) is 48.8 Å². The molecular weight excluding hydrogens is 398 g/mol. The van der Waals surface area contributed by atoms with E-state index in [1.165, 1.54) is 0 Å². The molecule has 3 fully saturated rings. The zero-order valence-electron chi connectivity index (χ0n) is 18.5. The van der Waals surface area contributed by atoms with Crippen LogP contribution < -0.4 is 20.9 Å². The smallest absolute Gasteiger partial charge is 0.410 e. The molecule has 4 rings (SSSR count).